The summed E-state index contributed by atoms with van der Waals surface area (Å²) >= 11 is 6.02. The second-order valence-corrected chi connectivity index (χ2v) is 7.03. The van der Waals surface area contributed by atoms with Gasteiger partial charge < -0.3 is 10.6 Å². The van der Waals surface area contributed by atoms with Gasteiger partial charge in [0.15, 0.2) is 5.69 Å². The van der Waals surface area contributed by atoms with Gasteiger partial charge in [0.2, 0.25) is 5.91 Å². The van der Waals surface area contributed by atoms with Gasteiger partial charge in [0.05, 0.1) is 11.4 Å². The Bertz CT molecular complexity index is 1030. The highest BCUT2D eigenvalue weighted by atomic mass is 35.5. The summed E-state index contributed by atoms with van der Waals surface area (Å²) in [6, 6.07) is 14.1. The van der Waals surface area contributed by atoms with Crippen LogP contribution in [-0.2, 0) is 4.79 Å². The molecule has 3 rings (SSSR count). The molecule has 0 spiro atoms. The van der Waals surface area contributed by atoms with Gasteiger partial charge in [-0.1, -0.05) is 42.8 Å². The lowest BCUT2D eigenvalue weighted by Gasteiger charge is -2.10. The standard InChI is InChI=1S/C20H20ClN5O2/c1-12(2)19(27)22-15-7-5-8-16(11-15)23-20(28)18-13(3)26(25-24-18)17-9-4-6-14(21)10-17/h4-12H,1-3H3,(H,22,27)(H,23,28). The number of amides is 2. The zero-order chi connectivity index (χ0) is 20.3. The van der Waals surface area contributed by atoms with Crippen molar-refractivity contribution in [2.45, 2.75) is 20.8 Å². The predicted octanol–water partition coefficient (Wildman–Crippen LogP) is 4.08. The number of aromatic nitrogens is 3. The first-order valence-corrected chi connectivity index (χ1v) is 9.13. The number of carbonyl (C=O) groups excluding carboxylic acids is 2. The van der Waals surface area contributed by atoms with Crippen molar-refractivity contribution in [3.63, 3.8) is 0 Å². The van der Waals surface area contributed by atoms with Crippen molar-refractivity contribution in [3.05, 3.63) is 64.9 Å². The van der Waals surface area contributed by atoms with Crippen molar-refractivity contribution in [3.8, 4) is 5.69 Å². The Morgan fingerprint density at radius 2 is 1.71 bits per heavy atom. The van der Waals surface area contributed by atoms with Crippen LogP contribution in [0.15, 0.2) is 48.5 Å². The maximum Gasteiger partial charge on any atom is 0.278 e. The van der Waals surface area contributed by atoms with Crippen LogP contribution in [0.3, 0.4) is 0 Å². The third-order valence-corrected chi connectivity index (χ3v) is 4.31. The molecule has 2 N–H and O–H groups in total. The van der Waals surface area contributed by atoms with Gasteiger partial charge >= 0.3 is 0 Å². The Morgan fingerprint density at radius 3 is 2.39 bits per heavy atom. The highest BCUT2D eigenvalue weighted by molar-refractivity contribution is 6.30. The van der Waals surface area contributed by atoms with Crippen molar-refractivity contribution in [2.75, 3.05) is 10.6 Å². The van der Waals surface area contributed by atoms with Crippen LogP contribution in [0, 0.1) is 12.8 Å². The molecular weight excluding hydrogens is 378 g/mol. The molecular formula is C20H20ClN5O2. The van der Waals surface area contributed by atoms with Crippen molar-refractivity contribution >= 4 is 34.8 Å². The molecule has 28 heavy (non-hydrogen) atoms. The Kier molecular flexibility index (Phi) is 5.75. The summed E-state index contributed by atoms with van der Waals surface area (Å²) in [6.07, 6.45) is 0. The molecule has 7 nitrogen and oxygen atoms in total. The van der Waals surface area contributed by atoms with Crippen LogP contribution < -0.4 is 10.6 Å². The zero-order valence-electron chi connectivity index (χ0n) is 15.7. The Labute approximate surface area is 167 Å². The maximum atomic E-state index is 12.6. The summed E-state index contributed by atoms with van der Waals surface area (Å²) in [6.45, 7) is 5.38. The number of nitrogens with one attached hydrogen (secondary N) is 2. The first-order chi connectivity index (χ1) is 13.3. The number of benzene rings is 2. The molecule has 144 valence electrons. The normalized spacial score (nSPS) is 10.8. The number of hydrogen-bond acceptors (Lipinski definition) is 4. The van der Waals surface area contributed by atoms with Crippen molar-refractivity contribution in [1.29, 1.82) is 0 Å². The fourth-order valence-electron chi connectivity index (χ4n) is 2.54. The van der Waals surface area contributed by atoms with E-state index < -0.39 is 5.91 Å². The molecule has 2 aromatic carbocycles. The minimum absolute atomic E-state index is 0.0937. The largest absolute Gasteiger partial charge is 0.326 e. The molecule has 8 heteroatoms. The Morgan fingerprint density at radius 1 is 1.04 bits per heavy atom. The number of anilines is 2. The van der Waals surface area contributed by atoms with Gasteiger partial charge in [-0.05, 0) is 43.3 Å². The monoisotopic (exact) mass is 397 g/mol. The number of halogens is 1. The molecule has 0 aliphatic heterocycles. The smallest absolute Gasteiger partial charge is 0.278 e. The molecule has 0 aliphatic carbocycles. The van der Waals surface area contributed by atoms with E-state index in [-0.39, 0.29) is 17.5 Å². The second-order valence-electron chi connectivity index (χ2n) is 6.59. The van der Waals surface area contributed by atoms with E-state index in [4.69, 9.17) is 11.6 Å². The number of nitrogens with zero attached hydrogens (tertiary/aromatic N) is 3. The highest BCUT2D eigenvalue weighted by Gasteiger charge is 2.18. The minimum Gasteiger partial charge on any atom is -0.326 e. The van der Waals surface area contributed by atoms with E-state index in [1.54, 1.807) is 54.1 Å². The first-order valence-electron chi connectivity index (χ1n) is 8.75. The van der Waals surface area contributed by atoms with Crippen LogP contribution in [0.5, 0.6) is 0 Å². The van der Waals surface area contributed by atoms with Gasteiger partial charge in [-0.25, -0.2) is 4.68 Å². The van der Waals surface area contributed by atoms with Gasteiger partial charge in [-0.2, -0.15) is 0 Å². The Balaban J connectivity index is 1.78. The van der Waals surface area contributed by atoms with Gasteiger partial charge in [-0.15, -0.1) is 5.10 Å². The number of carbonyl (C=O) groups is 2. The fraction of sp³-hybridized carbons (Fsp3) is 0.200. The summed E-state index contributed by atoms with van der Waals surface area (Å²) < 4.78 is 1.56. The van der Waals surface area contributed by atoms with Crippen molar-refractivity contribution in [2.24, 2.45) is 5.92 Å². The number of rotatable bonds is 5. The molecule has 0 saturated heterocycles. The summed E-state index contributed by atoms with van der Waals surface area (Å²) in [7, 11) is 0. The first kappa shape index (κ1) is 19.6. The molecule has 0 radical (unpaired) electrons. The van der Waals surface area contributed by atoms with Crippen molar-refractivity contribution < 1.29 is 9.59 Å². The van der Waals surface area contributed by atoms with E-state index in [0.29, 0.717) is 22.1 Å². The molecule has 3 aromatic rings. The highest BCUT2D eigenvalue weighted by Crippen LogP contribution is 2.19. The fourth-order valence-corrected chi connectivity index (χ4v) is 2.73. The van der Waals surface area contributed by atoms with E-state index in [9.17, 15) is 9.59 Å². The number of hydrogen-bond donors (Lipinski definition) is 2. The summed E-state index contributed by atoms with van der Waals surface area (Å²) in [5.74, 6) is -0.621. The van der Waals surface area contributed by atoms with Crippen LogP contribution in [0.2, 0.25) is 5.02 Å². The second kappa shape index (κ2) is 8.22. The third kappa shape index (κ3) is 4.37. The average molecular weight is 398 g/mol. The lowest BCUT2D eigenvalue weighted by molar-refractivity contribution is -0.118. The molecule has 0 atom stereocenters. The van der Waals surface area contributed by atoms with Gasteiger partial charge in [0.1, 0.15) is 0 Å². The average Bonchev–Trinajstić information content (AvgIpc) is 3.03. The van der Waals surface area contributed by atoms with E-state index >= 15 is 0 Å². The molecule has 0 unspecified atom stereocenters. The summed E-state index contributed by atoms with van der Waals surface area (Å²) in [5, 5.41) is 14.2. The third-order valence-electron chi connectivity index (χ3n) is 4.07. The van der Waals surface area contributed by atoms with Gasteiger partial charge in [-0.3, -0.25) is 9.59 Å². The van der Waals surface area contributed by atoms with Crippen LogP contribution in [0.25, 0.3) is 5.69 Å². The van der Waals surface area contributed by atoms with E-state index in [0.717, 1.165) is 5.69 Å². The van der Waals surface area contributed by atoms with Gasteiger partial charge in [0.25, 0.3) is 5.91 Å². The zero-order valence-corrected chi connectivity index (χ0v) is 16.5. The molecule has 0 aliphatic rings. The topological polar surface area (TPSA) is 88.9 Å². The molecule has 2 amide bonds. The lowest BCUT2D eigenvalue weighted by atomic mass is 10.2. The summed E-state index contributed by atoms with van der Waals surface area (Å²) in [5.41, 5.74) is 2.66. The lowest BCUT2D eigenvalue weighted by Crippen LogP contribution is -2.18. The maximum absolute atomic E-state index is 12.6. The van der Waals surface area contributed by atoms with Crippen LogP contribution in [0.4, 0.5) is 11.4 Å². The molecule has 0 bridgehead atoms. The summed E-state index contributed by atoms with van der Waals surface area (Å²) in [4.78, 5) is 24.5. The van der Waals surface area contributed by atoms with Crippen molar-refractivity contribution in [1.82, 2.24) is 15.0 Å². The SMILES string of the molecule is Cc1c(C(=O)Nc2cccc(NC(=O)C(C)C)c2)nnn1-c1cccc(Cl)c1. The molecule has 0 saturated carbocycles. The van der Waals surface area contributed by atoms with E-state index in [1.165, 1.54) is 0 Å². The van der Waals surface area contributed by atoms with E-state index in [1.807, 2.05) is 19.9 Å². The quantitative estimate of drug-likeness (QED) is 0.679. The van der Waals surface area contributed by atoms with E-state index in [2.05, 4.69) is 20.9 Å². The Hall–Kier alpha value is -3.19. The molecule has 0 fully saturated rings. The van der Waals surface area contributed by atoms with Crippen LogP contribution in [-0.4, -0.2) is 26.8 Å². The van der Waals surface area contributed by atoms with Crippen LogP contribution >= 0.6 is 11.6 Å². The molecule has 1 aromatic heterocycles. The predicted molar refractivity (Wildman–Crippen MR) is 109 cm³/mol. The molecule has 1 heterocycles. The van der Waals surface area contributed by atoms with Crippen LogP contribution in [0.1, 0.15) is 30.0 Å². The van der Waals surface area contributed by atoms with Gasteiger partial charge in [0, 0.05) is 22.3 Å². The minimum atomic E-state index is -0.391.